The Morgan fingerprint density at radius 1 is 1.37 bits per heavy atom. The van der Waals surface area contributed by atoms with Crippen LogP contribution < -0.4 is 10.9 Å². The number of rotatable bonds is 6. The van der Waals surface area contributed by atoms with Crippen LogP contribution in [0.4, 0.5) is 4.39 Å². The summed E-state index contributed by atoms with van der Waals surface area (Å²) in [5.74, 6) is -0.455. The third kappa shape index (κ3) is 4.42. The van der Waals surface area contributed by atoms with Gasteiger partial charge in [-0.25, -0.2) is 9.37 Å². The summed E-state index contributed by atoms with van der Waals surface area (Å²) in [7, 11) is 0. The zero-order valence-corrected chi connectivity index (χ0v) is 15.4. The van der Waals surface area contributed by atoms with Gasteiger partial charge in [0.25, 0.3) is 5.56 Å². The average molecular weight is 373 g/mol. The van der Waals surface area contributed by atoms with Crippen LogP contribution >= 0.6 is 0 Å². The highest BCUT2D eigenvalue weighted by molar-refractivity contribution is 5.77. The normalized spacial score (nSPS) is 14.5. The number of benzene rings is 1. The van der Waals surface area contributed by atoms with E-state index in [9.17, 15) is 19.1 Å². The molecular weight excluding hydrogens is 349 g/mol. The van der Waals surface area contributed by atoms with Gasteiger partial charge in [-0.1, -0.05) is 25.0 Å². The van der Waals surface area contributed by atoms with E-state index in [2.05, 4.69) is 10.3 Å². The molecule has 0 radical (unpaired) electrons. The standard InChI is InChI=1S/C20H24FN3O3/c1-13-17(9-10-25)20(27)24(12-18(26)23-16-7-2-3-8-16)19(22-13)14-5-4-6-15(21)11-14/h4-6,11,16,25H,2-3,7-10,12H2,1H3,(H,23,26). The average Bonchev–Trinajstić information content (AvgIpc) is 3.13. The SMILES string of the molecule is Cc1nc(-c2cccc(F)c2)n(CC(=O)NC2CCCC2)c(=O)c1CCO. The Bertz CT molecular complexity index is 889. The van der Waals surface area contributed by atoms with E-state index in [-0.39, 0.29) is 42.9 Å². The Kier molecular flexibility index (Phi) is 6.01. The molecule has 1 aliphatic carbocycles. The van der Waals surface area contributed by atoms with Gasteiger partial charge in [-0.05, 0) is 31.9 Å². The molecule has 2 N–H and O–H groups in total. The molecular formula is C20H24FN3O3. The van der Waals surface area contributed by atoms with E-state index in [0.717, 1.165) is 25.7 Å². The van der Waals surface area contributed by atoms with Gasteiger partial charge in [0.15, 0.2) is 0 Å². The van der Waals surface area contributed by atoms with Crippen LogP contribution in [0.1, 0.15) is 36.9 Å². The lowest BCUT2D eigenvalue weighted by Gasteiger charge is -2.17. The first kappa shape index (κ1) is 19.2. The molecule has 1 aliphatic rings. The zero-order chi connectivity index (χ0) is 19.4. The first-order valence-electron chi connectivity index (χ1n) is 9.26. The molecule has 1 amide bonds. The van der Waals surface area contributed by atoms with Gasteiger partial charge in [0.2, 0.25) is 5.91 Å². The summed E-state index contributed by atoms with van der Waals surface area (Å²) in [6.07, 6.45) is 4.22. The number of carbonyl (C=O) groups is 1. The fourth-order valence-electron chi connectivity index (χ4n) is 3.58. The van der Waals surface area contributed by atoms with E-state index in [0.29, 0.717) is 16.8 Å². The van der Waals surface area contributed by atoms with Gasteiger partial charge < -0.3 is 10.4 Å². The van der Waals surface area contributed by atoms with Crippen molar-refractivity contribution in [3.05, 3.63) is 51.7 Å². The number of aliphatic hydroxyl groups is 1. The van der Waals surface area contributed by atoms with Crippen LogP contribution in [-0.4, -0.2) is 33.2 Å². The first-order chi connectivity index (χ1) is 13.0. The number of aromatic nitrogens is 2. The molecule has 3 rings (SSSR count). The van der Waals surface area contributed by atoms with E-state index in [1.807, 2.05) is 0 Å². The fourth-order valence-corrected chi connectivity index (χ4v) is 3.58. The lowest BCUT2D eigenvalue weighted by molar-refractivity contribution is -0.122. The molecule has 1 saturated carbocycles. The number of nitrogens with zero attached hydrogens (tertiary/aromatic N) is 2. The fraction of sp³-hybridized carbons (Fsp3) is 0.450. The zero-order valence-electron chi connectivity index (χ0n) is 15.4. The summed E-state index contributed by atoms with van der Waals surface area (Å²) in [6.45, 7) is 1.30. The van der Waals surface area contributed by atoms with Crippen LogP contribution in [0.3, 0.4) is 0 Å². The van der Waals surface area contributed by atoms with Crippen molar-refractivity contribution in [1.29, 1.82) is 0 Å². The van der Waals surface area contributed by atoms with Gasteiger partial charge in [-0.2, -0.15) is 0 Å². The first-order valence-corrected chi connectivity index (χ1v) is 9.26. The van der Waals surface area contributed by atoms with Gasteiger partial charge >= 0.3 is 0 Å². The Labute approximate surface area is 157 Å². The maximum absolute atomic E-state index is 13.7. The molecule has 144 valence electrons. The second-order valence-corrected chi connectivity index (χ2v) is 6.92. The number of aliphatic hydroxyl groups excluding tert-OH is 1. The predicted octanol–water partition coefficient (Wildman–Crippen LogP) is 1.95. The molecule has 0 atom stereocenters. The van der Waals surface area contributed by atoms with Gasteiger partial charge in [0.1, 0.15) is 18.2 Å². The lowest BCUT2D eigenvalue weighted by atomic mass is 10.1. The molecule has 2 aromatic rings. The molecule has 0 saturated heterocycles. The van der Waals surface area contributed by atoms with E-state index in [4.69, 9.17) is 0 Å². The number of halogens is 1. The van der Waals surface area contributed by atoms with Crippen LogP contribution in [0.5, 0.6) is 0 Å². The van der Waals surface area contributed by atoms with Gasteiger partial charge in [0.05, 0.1) is 0 Å². The van der Waals surface area contributed by atoms with Crippen LogP contribution in [0, 0.1) is 12.7 Å². The minimum Gasteiger partial charge on any atom is -0.396 e. The quantitative estimate of drug-likeness (QED) is 0.811. The lowest BCUT2D eigenvalue weighted by Crippen LogP contribution is -2.39. The number of amides is 1. The van der Waals surface area contributed by atoms with Crippen molar-refractivity contribution in [3.63, 3.8) is 0 Å². The largest absolute Gasteiger partial charge is 0.396 e. The van der Waals surface area contributed by atoms with Crippen molar-refractivity contribution in [2.24, 2.45) is 0 Å². The number of hydrogen-bond acceptors (Lipinski definition) is 4. The summed E-state index contributed by atoms with van der Waals surface area (Å²) >= 11 is 0. The number of nitrogens with one attached hydrogen (secondary N) is 1. The maximum atomic E-state index is 13.7. The molecule has 0 unspecified atom stereocenters. The van der Waals surface area contributed by atoms with Crippen molar-refractivity contribution >= 4 is 5.91 Å². The van der Waals surface area contributed by atoms with Crippen LogP contribution in [0.25, 0.3) is 11.4 Å². The second kappa shape index (κ2) is 8.43. The van der Waals surface area contributed by atoms with Crippen molar-refractivity contribution in [2.45, 2.75) is 51.6 Å². The van der Waals surface area contributed by atoms with Crippen LogP contribution in [0.15, 0.2) is 29.1 Å². The van der Waals surface area contributed by atoms with Gasteiger partial charge in [0, 0.05) is 35.9 Å². The third-order valence-corrected chi connectivity index (χ3v) is 4.94. The summed E-state index contributed by atoms with van der Waals surface area (Å²) in [5, 5.41) is 12.2. The Balaban J connectivity index is 2.01. The van der Waals surface area contributed by atoms with Gasteiger partial charge in [-0.3, -0.25) is 14.2 Å². The van der Waals surface area contributed by atoms with Crippen LogP contribution in [-0.2, 0) is 17.8 Å². The summed E-state index contributed by atoms with van der Waals surface area (Å²) < 4.78 is 15.0. The second-order valence-electron chi connectivity index (χ2n) is 6.92. The minimum atomic E-state index is -0.444. The smallest absolute Gasteiger partial charge is 0.257 e. The molecule has 7 heteroatoms. The highest BCUT2D eigenvalue weighted by atomic mass is 19.1. The van der Waals surface area contributed by atoms with Crippen molar-refractivity contribution < 1.29 is 14.3 Å². The van der Waals surface area contributed by atoms with Crippen LogP contribution in [0.2, 0.25) is 0 Å². The van der Waals surface area contributed by atoms with E-state index in [1.54, 1.807) is 13.0 Å². The minimum absolute atomic E-state index is 0.140. The molecule has 1 fully saturated rings. The Hall–Kier alpha value is -2.54. The van der Waals surface area contributed by atoms with E-state index < -0.39 is 5.82 Å². The Morgan fingerprint density at radius 3 is 2.78 bits per heavy atom. The monoisotopic (exact) mass is 373 g/mol. The number of hydrogen-bond donors (Lipinski definition) is 2. The molecule has 1 aromatic carbocycles. The molecule has 0 aliphatic heterocycles. The van der Waals surface area contributed by atoms with Crippen molar-refractivity contribution in [1.82, 2.24) is 14.9 Å². The van der Waals surface area contributed by atoms with Crippen molar-refractivity contribution in [3.8, 4) is 11.4 Å². The summed E-state index contributed by atoms with van der Waals surface area (Å²) in [6, 6.07) is 5.93. The van der Waals surface area contributed by atoms with Crippen molar-refractivity contribution in [2.75, 3.05) is 6.61 Å². The van der Waals surface area contributed by atoms with E-state index in [1.165, 1.54) is 22.8 Å². The molecule has 1 aromatic heterocycles. The molecule has 1 heterocycles. The summed E-state index contributed by atoms with van der Waals surface area (Å²) in [5.41, 5.74) is 0.892. The third-order valence-electron chi connectivity index (χ3n) is 4.94. The predicted molar refractivity (Wildman–Crippen MR) is 99.8 cm³/mol. The highest BCUT2D eigenvalue weighted by Crippen LogP contribution is 2.20. The molecule has 0 bridgehead atoms. The molecule has 27 heavy (non-hydrogen) atoms. The Morgan fingerprint density at radius 2 is 2.11 bits per heavy atom. The molecule has 6 nitrogen and oxygen atoms in total. The maximum Gasteiger partial charge on any atom is 0.257 e. The number of carbonyl (C=O) groups excluding carboxylic acids is 1. The van der Waals surface area contributed by atoms with E-state index >= 15 is 0 Å². The number of aryl methyl sites for hydroxylation is 1. The summed E-state index contributed by atoms with van der Waals surface area (Å²) in [4.78, 5) is 29.9. The highest BCUT2D eigenvalue weighted by Gasteiger charge is 2.21. The topological polar surface area (TPSA) is 84.2 Å². The molecule has 0 spiro atoms. The van der Waals surface area contributed by atoms with Gasteiger partial charge in [-0.15, -0.1) is 0 Å².